The third kappa shape index (κ3) is 5.02. The Hall–Kier alpha value is -2.38. The SMILES string of the molecule is CCOc1ccc(S(=O)(=O)N2CCC(C(=O)N(C)Cc3ccccc3C)CC2)cc1. The smallest absolute Gasteiger partial charge is 0.243 e. The molecule has 0 atom stereocenters. The molecule has 6 nitrogen and oxygen atoms in total. The number of hydrogen-bond acceptors (Lipinski definition) is 4. The van der Waals surface area contributed by atoms with E-state index in [2.05, 4.69) is 0 Å². The zero-order valence-electron chi connectivity index (χ0n) is 17.9. The zero-order chi connectivity index (χ0) is 21.7. The first-order valence-corrected chi connectivity index (χ1v) is 11.8. The molecule has 3 rings (SSSR count). The van der Waals surface area contributed by atoms with Crippen molar-refractivity contribution in [2.45, 2.75) is 38.1 Å². The van der Waals surface area contributed by atoms with E-state index in [1.165, 1.54) is 4.31 Å². The monoisotopic (exact) mass is 430 g/mol. The molecule has 162 valence electrons. The highest BCUT2D eigenvalue weighted by molar-refractivity contribution is 7.89. The Bertz CT molecular complexity index is 965. The van der Waals surface area contributed by atoms with Crippen molar-refractivity contribution >= 4 is 15.9 Å². The number of benzene rings is 2. The number of hydrogen-bond donors (Lipinski definition) is 0. The van der Waals surface area contributed by atoms with Crippen LogP contribution in [0.25, 0.3) is 0 Å². The van der Waals surface area contributed by atoms with Crippen LogP contribution >= 0.6 is 0 Å². The van der Waals surface area contributed by atoms with Crippen molar-refractivity contribution in [1.82, 2.24) is 9.21 Å². The zero-order valence-corrected chi connectivity index (χ0v) is 18.7. The molecule has 7 heteroatoms. The molecule has 30 heavy (non-hydrogen) atoms. The van der Waals surface area contributed by atoms with Crippen LogP contribution in [-0.2, 0) is 21.4 Å². The van der Waals surface area contributed by atoms with Crippen molar-refractivity contribution in [1.29, 1.82) is 0 Å². The molecule has 0 N–H and O–H groups in total. The molecule has 1 heterocycles. The Kier molecular flexibility index (Phi) is 7.15. The minimum absolute atomic E-state index is 0.0800. The molecule has 1 aliphatic heterocycles. The van der Waals surface area contributed by atoms with E-state index in [0.717, 1.165) is 11.1 Å². The van der Waals surface area contributed by atoms with Crippen molar-refractivity contribution in [2.24, 2.45) is 5.92 Å². The molecule has 1 aliphatic rings. The lowest BCUT2D eigenvalue weighted by atomic mass is 9.96. The average molecular weight is 431 g/mol. The van der Waals surface area contributed by atoms with Gasteiger partial charge in [-0.1, -0.05) is 24.3 Å². The van der Waals surface area contributed by atoms with Gasteiger partial charge in [0, 0.05) is 32.6 Å². The summed E-state index contributed by atoms with van der Waals surface area (Å²) in [5, 5.41) is 0. The standard InChI is InChI=1S/C23H30N2O4S/c1-4-29-21-9-11-22(12-10-21)30(27,28)25-15-13-19(14-16-25)23(26)24(3)17-20-8-6-5-7-18(20)2/h5-12,19H,4,13-17H2,1-3H3. The lowest BCUT2D eigenvalue weighted by Crippen LogP contribution is -2.43. The number of aryl methyl sites for hydroxylation is 1. The molecule has 0 bridgehead atoms. The van der Waals surface area contributed by atoms with E-state index in [0.29, 0.717) is 44.8 Å². The topological polar surface area (TPSA) is 66.9 Å². The second-order valence-corrected chi connectivity index (χ2v) is 9.64. The number of rotatable bonds is 7. The number of amides is 1. The summed E-state index contributed by atoms with van der Waals surface area (Å²) in [6, 6.07) is 14.5. The van der Waals surface area contributed by atoms with Crippen molar-refractivity contribution in [3.05, 3.63) is 59.7 Å². The van der Waals surface area contributed by atoms with Gasteiger partial charge in [-0.2, -0.15) is 4.31 Å². The number of carbonyl (C=O) groups is 1. The lowest BCUT2D eigenvalue weighted by molar-refractivity contribution is -0.135. The number of piperidine rings is 1. The largest absolute Gasteiger partial charge is 0.494 e. The molecule has 0 unspecified atom stereocenters. The third-order valence-corrected chi connectivity index (χ3v) is 7.53. The number of ether oxygens (including phenoxy) is 1. The van der Waals surface area contributed by atoms with Crippen molar-refractivity contribution in [3.63, 3.8) is 0 Å². The Morgan fingerprint density at radius 3 is 2.33 bits per heavy atom. The maximum absolute atomic E-state index is 12.9. The van der Waals surface area contributed by atoms with Crippen LogP contribution in [0.2, 0.25) is 0 Å². The van der Waals surface area contributed by atoms with Gasteiger partial charge in [-0.25, -0.2) is 8.42 Å². The van der Waals surface area contributed by atoms with Gasteiger partial charge in [0.05, 0.1) is 11.5 Å². The van der Waals surface area contributed by atoms with E-state index < -0.39 is 10.0 Å². The molecule has 0 aromatic heterocycles. The van der Waals surface area contributed by atoms with Gasteiger partial charge >= 0.3 is 0 Å². The third-order valence-electron chi connectivity index (χ3n) is 5.62. The molecule has 0 saturated carbocycles. The summed E-state index contributed by atoms with van der Waals surface area (Å²) >= 11 is 0. The minimum Gasteiger partial charge on any atom is -0.494 e. The van der Waals surface area contributed by atoms with Gasteiger partial charge in [-0.15, -0.1) is 0 Å². The highest BCUT2D eigenvalue weighted by Gasteiger charge is 2.33. The first kappa shape index (κ1) is 22.3. The number of carbonyl (C=O) groups excluding carboxylic acids is 1. The quantitative estimate of drug-likeness (QED) is 0.675. The first-order chi connectivity index (χ1) is 14.3. The summed E-state index contributed by atoms with van der Waals surface area (Å²) in [6.07, 6.45) is 1.07. The van der Waals surface area contributed by atoms with E-state index in [1.54, 1.807) is 29.2 Å². The molecule has 1 saturated heterocycles. The normalized spacial score (nSPS) is 15.7. The van der Waals surface area contributed by atoms with Crippen molar-refractivity contribution < 1.29 is 17.9 Å². The van der Waals surface area contributed by atoms with Gasteiger partial charge in [0.1, 0.15) is 5.75 Å². The second-order valence-electron chi connectivity index (χ2n) is 7.70. The average Bonchev–Trinajstić information content (AvgIpc) is 2.75. The lowest BCUT2D eigenvalue weighted by Gasteiger charge is -2.32. The van der Waals surface area contributed by atoms with Crippen LogP contribution in [0, 0.1) is 12.8 Å². The van der Waals surface area contributed by atoms with Crippen LogP contribution in [0.3, 0.4) is 0 Å². The summed E-state index contributed by atoms with van der Waals surface area (Å²) in [5.41, 5.74) is 2.29. The van der Waals surface area contributed by atoms with E-state index in [-0.39, 0.29) is 16.7 Å². The van der Waals surface area contributed by atoms with E-state index >= 15 is 0 Å². The van der Waals surface area contributed by atoms with Gasteiger partial charge in [0.15, 0.2) is 0 Å². The number of sulfonamides is 1. The van der Waals surface area contributed by atoms with Gasteiger partial charge in [0.25, 0.3) is 0 Å². The van der Waals surface area contributed by atoms with E-state index in [4.69, 9.17) is 4.74 Å². The molecule has 2 aromatic rings. The van der Waals surface area contributed by atoms with Crippen LogP contribution in [-0.4, -0.2) is 50.3 Å². The maximum Gasteiger partial charge on any atom is 0.243 e. The fraction of sp³-hybridized carbons (Fsp3) is 0.435. The Morgan fingerprint density at radius 1 is 1.10 bits per heavy atom. The molecular formula is C23H30N2O4S. The van der Waals surface area contributed by atoms with Crippen molar-refractivity contribution in [3.8, 4) is 5.75 Å². The Morgan fingerprint density at radius 2 is 1.73 bits per heavy atom. The maximum atomic E-state index is 12.9. The summed E-state index contributed by atoms with van der Waals surface area (Å²) in [5.74, 6) is 0.583. The van der Waals surface area contributed by atoms with Crippen LogP contribution in [0.1, 0.15) is 30.9 Å². The minimum atomic E-state index is -3.56. The van der Waals surface area contributed by atoms with Crippen LogP contribution in [0.5, 0.6) is 5.75 Å². The number of nitrogens with zero attached hydrogens (tertiary/aromatic N) is 2. The van der Waals surface area contributed by atoms with Gasteiger partial charge in [0.2, 0.25) is 15.9 Å². The second kappa shape index (κ2) is 9.62. The first-order valence-electron chi connectivity index (χ1n) is 10.4. The Balaban J connectivity index is 1.59. The highest BCUT2D eigenvalue weighted by Crippen LogP contribution is 2.26. The molecule has 0 spiro atoms. The molecule has 1 fully saturated rings. The molecule has 0 radical (unpaired) electrons. The van der Waals surface area contributed by atoms with Crippen molar-refractivity contribution in [2.75, 3.05) is 26.7 Å². The Labute approximate surface area is 179 Å². The van der Waals surface area contributed by atoms with Gasteiger partial charge < -0.3 is 9.64 Å². The van der Waals surface area contributed by atoms with Gasteiger partial charge in [-0.3, -0.25) is 4.79 Å². The van der Waals surface area contributed by atoms with Crippen LogP contribution < -0.4 is 4.74 Å². The molecule has 0 aliphatic carbocycles. The van der Waals surface area contributed by atoms with Crippen LogP contribution in [0.15, 0.2) is 53.4 Å². The summed E-state index contributed by atoms with van der Waals surface area (Å²) in [6.45, 7) is 5.73. The van der Waals surface area contributed by atoms with Crippen LogP contribution in [0.4, 0.5) is 0 Å². The predicted octanol–water partition coefficient (Wildman–Crippen LogP) is 3.45. The van der Waals surface area contributed by atoms with Gasteiger partial charge in [-0.05, 0) is 62.1 Å². The molecule has 1 amide bonds. The fourth-order valence-corrected chi connectivity index (χ4v) is 5.27. The molecule has 2 aromatic carbocycles. The van der Waals surface area contributed by atoms with E-state index in [9.17, 15) is 13.2 Å². The fourth-order valence-electron chi connectivity index (χ4n) is 3.80. The van der Waals surface area contributed by atoms with E-state index in [1.807, 2.05) is 45.2 Å². The highest BCUT2D eigenvalue weighted by atomic mass is 32.2. The summed E-state index contributed by atoms with van der Waals surface area (Å²) < 4.78 is 32.7. The summed E-state index contributed by atoms with van der Waals surface area (Å²) in [4.78, 5) is 14.9. The summed E-state index contributed by atoms with van der Waals surface area (Å²) in [7, 11) is -1.75. The predicted molar refractivity (Wildman–Crippen MR) is 117 cm³/mol. The molecular weight excluding hydrogens is 400 g/mol.